The van der Waals surface area contributed by atoms with Gasteiger partial charge < -0.3 is 9.73 Å². The van der Waals surface area contributed by atoms with Gasteiger partial charge in [-0.25, -0.2) is 9.97 Å². The first-order valence-electron chi connectivity index (χ1n) is 7.59. The van der Waals surface area contributed by atoms with Crippen LogP contribution in [0.15, 0.2) is 71.3 Å². The Labute approximate surface area is 144 Å². The third kappa shape index (κ3) is 2.84. The number of fused-ring (bicyclic) bond motifs is 1. The summed E-state index contributed by atoms with van der Waals surface area (Å²) in [4.78, 5) is 9.34. The average Bonchev–Trinajstić information content (AvgIpc) is 3.13. The maximum Gasteiger partial charge on any atom is 0.163 e. The SMILES string of the molecule is Clc1ccccc1-c1nc(NCc2ccco2)c2ccccc2n1. The van der Waals surface area contributed by atoms with Gasteiger partial charge >= 0.3 is 0 Å². The van der Waals surface area contributed by atoms with E-state index in [1.807, 2.05) is 60.7 Å². The van der Waals surface area contributed by atoms with E-state index in [1.165, 1.54) is 0 Å². The van der Waals surface area contributed by atoms with Crippen LogP contribution in [0.1, 0.15) is 5.76 Å². The normalized spacial score (nSPS) is 10.9. The van der Waals surface area contributed by atoms with Gasteiger partial charge in [-0.1, -0.05) is 35.9 Å². The Morgan fingerprint density at radius 2 is 1.75 bits per heavy atom. The molecule has 0 fully saturated rings. The van der Waals surface area contributed by atoms with E-state index in [9.17, 15) is 0 Å². The van der Waals surface area contributed by atoms with Crippen molar-refractivity contribution in [3.63, 3.8) is 0 Å². The van der Waals surface area contributed by atoms with Crippen LogP contribution in [0.2, 0.25) is 5.02 Å². The highest BCUT2D eigenvalue weighted by Crippen LogP contribution is 2.29. The van der Waals surface area contributed by atoms with Crippen molar-refractivity contribution in [3.05, 3.63) is 77.7 Å². The topological polar surface area (TPSA) is 51.0 Å². The number of aromatic nitrogens is 2. The number of para-hydroxylation sites is 1. The molecule has 118 valence electrons. The third-order valence-electron chi connectivity index (χ3n) is 3.73. The molecule has 0 saturated carbocycles. The Bertz CT molecular complexity index is 983. The molecule has 0 aliphatic heterocycles. The molecule has 4 rings (SSSR count). The van der Waals surface area contributed by atoms with Gasteiger partial charge in [-0.15, -0.1) is 0 Å². The molecule has 4 nitrogen and oxygen atoms in total. The van der Waals surface area contributed by atoms with Crippen molar-refractivity contribution in [2.75, 3.05) is 5.32 Å². The summed E-state index contributed by atoms with van der Waals surface area (Å²) in [6, 6.07) is 19.3. The molecule has 0 atom stereocenters. The maximum atomic E-state index is 6.31. The van der Waals surface area contributed by atoms with Crippen molar-refractivity contribution in [1.82, 2.24) is 9.97 Å². The maximum absolute atomic E-state index is 6.31. The average molecular weight is 336 g/mol. The second-order valence-electron chi connectivity index (χ2n) is 5.33. The van der Waals surface area contributed by atoms with E-state index >= 15 is 0 Å². The highest BCUT2D eigenvalue weighted by Gasteiger charge is 2.11. The molecule has 0 spiro atoms. The molecule has 0 aliphatic carbocycles. The number of hydrogen-bond donors (Lipinski definition) is 1. The van der Waals surface area contributed by atoms with Crippen molar-refractivity contribution in [3.8, 4) is 11.4 Å². The summed E-state index contributed by atoms with van der Waals surface area (Å²) in [6.45, 7) is 0.552. The van der Waals surface area contributed by atoms with Crippen LogP contribution in [0, 0.1) is 0 Å². The minimum Gasteiger partial charge on any atom is -0.467 e. The van der Waals surface area contributed by atoms with Gasteiger partial charge in [-0.3, -0.25) is 0 Å². The van der Waals surface area contributed by atoms with E-state index in [4.69, 9.17) is 16.0 Å². The van der Waals surface area contributed by atoms with Crippen LogP contribution in [-0.4, -0.2) is 9.97 Å². The highest BCUT2D eigenvalue weighted by molar-refractivity contribution is 6.33. The lowest BCUT2D eigenvalue weighted by Gasteiger charge is -2.11. The number of furan rings is 1. The molecule has 2 heterocycles. The van der Waals surface area contributed by atoms with Gasteiger partial charge in [0.25, 0.3) is 0 Å². The summed E-state index contributed by atoms with van der Waals surface area (Å²) < 4.78 is 5.37. The fraction of sp³-hybridized carbons (Fsp3) is 0.0526. The minimum atomic E-state index is 0.552. The first-order chi connectivity index (χ1) is 11.8. The van der Waals surface area contributed by atoms with Crippen molar-refractivity contribution >= 4 is 28.3 Å². The largest absolute Gasteiger partial charge is 0.467 e. The number of anilines is 1. The second kappa shape index (κ2) is 6.34. The second-order valence-corrected chi connectivity index (χ2v) is 5.73. The smallest absolute Gasteiger partial charge is 0.163 e. The quantitative estimate of drug-likeness (QED) is 0.560. The summed E-state index contributed by atoms with van der Waals surface area (Å²) in [5.41, 5.74) is 1.68. The molecule has 24 heavy (non-hydrogen) atoms. The molecular weight excluding hydrogens is 322 g/mol. The lowest BCUT2D eigenvalue weighted by molar-refractivity contribution is 0.518. The molecule has 2 aromatic carbocycles. The predicted molar refractivity (Wildman–Crippen MR) is 96.0 cm³/mol. The predicted octanol–water partition coefficient (Wildman–Crippen LogP) is 5.16. The first kappa shape index (κ1) is 14.7. The molecule has 2 aromatic heterocycles. The van der Waals surface area contributed by atoms with Gasteiger partial charge in [0.1, 0.15) is 11.6 Å². The number of halogens is 1. The third-order valence-corrected chi connectivity index (χ3v) is 4.06. The molecule has 0 bridgehead atoms. The molecule has 0 aliphatic rings. The lowest BCUT2D eigenvalue weighted by atomic mass is 10.2. The van der Waals surface area contributed by atoms with Crippen LogP contribution in [0.3, 0.4) is 0 Å². The van der Waals surface area contributed by atoms with Crippen LogP contribution < -0.4 is 5.32 Å². The van der Waals surface area contributed by atoms with E-state index in [1.54, 1.807) is 6.26 Å². The van der Waals surface area contributed by atoms with Crippen molar-refractivity contribution in [2.24, 2.45) is 0 Å². The first-order valence-corrected chi connectivity index (χ1v) is 7.97. The number of hydrogen-bond acceptors (Lipinski definition) is 4. The van der Waals surface area contributed by atoms with E-state index < -0.39 is 0 Å². The fourth-order valence-electron chi connectivity index (χ4n) is 2.56. The Morgan fingerprint density at radius 1 is 0.917 bits per heavy atom. The summed E-state index contributed by atoms with van der Waals surface area (Å²) in [5, 5.41) is 4.92. The van der Waals surface area contributed by atoms with Crippen molar-refractivity contribution < 1.29 is 4.42 Å². The fourth-order valence-corrected chi connectivity index (χ4v) is 2.78. The van der Waals surface area contributed by atoms with Crippen molar-refractivity contribution in [1.29, 1.82) is 0 Å². The zero-order chi connectivity index (χ0) is 16.4. The number of nitrogens with zero attached hydrogens (tertiary/aromatic N) is 2. The summed E-state index contributed by atoms with van der Waals surface area (Å²) in [7, 11) is 0. The van der Waals surface area contributed by atoms with Crippen LogP contribution in [0.25, 0.3) is 22.3 Å². The van der Waals surface area contributed by atoms with Crippen LogP contribution >= 0.6 is 11.6 Å². The minimum absolute atomic E-state index is 0.552. The zero-order valence-electron chi connectivity index (χ0n) is 12.7. The molecule has 0 radical (unpaired) electrons. The van der Waals surface area contributed by atoms with E-state index in [2.05, 4.69) is 15.3 Å². The van der Waals surface area contributed by atoms with Gasteiger partial charge in [0.2, 0.25) is 0 Å². The van der Waals surface area contributed by atoms with E-state index in [-0.39, 0.29) is 0 Å². The monoisotopic (exact) mass is 335 g/mol. The number of benzene rings is 2. The Kier molecular flexibility index (Phi) is 3.89. The van der Waals surface area contributed by atoms with Crippen LogP contribution in [-0.2, 0) is 6.54 Å². The molecule has 0 amide bonds. The van der Waals surface area contributed by atoms with Gasteiger partial charge in [-0.05, 0) is 36.4 Å². The Hall–Kier alpha value is -2.85. The van der Waals surface area contributed by atoms with Gasteiger partial charge in [-0.2, -0.15) is 0 Å². The van der Waals surface area contributed by atoms with Crippen molar-refractivity contribution in [2.45, 2.75) is 6.54 Å². The Morgan fingerprint density at radius 3 is 2.58 bits per heavy atom. The molecule has 4 aromatic rings. The lowest BCUT2D eigenvalue weighted by Crippen LogP contribution is -2.03. The standard InChI is InChI=1S/C19H14ClN3O/c20-16-9-3-1-7-14(16)19-22-17-10-4-2-8-15(17)18(23-19)21-12-13-6-5-11-24-13/h1-11H,12H2,(H,21,22,23). The van der Waals surface area contributed by atoms with E-state index in [0.717, 1.165) is 28.0 Å². The molecular formula is C19H14ClN3O. The Balaban J connectivity index is 1.80. The van der Waals surface area contributed by atoms with Crippen LogP contribution in [0.4, 0.5) is 5.82 Å². The van der Waals surface area contributed by atoms with Gasteiger partial charge in [0, 0.05) is 10.9 Å². The van der Waals surface area contributed by atoms with Crippen LogP contribution in [0.5, 0.6) is 0 Å². The summed E-state index contributed by atoms with van der Waals surface area (Å²) in [5.74, 6) is 2.20. The highest BCUT2D eigenvalue weighted by atomic mass is 35.5. The molecule has 0 unspecified atom stereocenters. The van der Waals surface area contributed by atoms with Gasteiger partial charge in [0.15, 0.2) is 5.82 Å². The zero-order valence-corrected chi connectivity index (χ0v) is 13.5. The molecule has 0 saturated heterocycles. The van der Waals surface area contributed by atoms with E-state index in [0.29, 0.717) is 17.4 Å². The summed E-state index contributed by atoms with van der Waals surface area (Å²) >= 11 is 6.31. The van der Waals surface area contributed by atoms with Gasteiger partial charge in [0.05, 0.1) is 23.3 Å². The summed E-state index contributed by atoms with van der Waals surface area (Å²) in [6.07, 6.45) is 1.66. The number of rotatable bonds is 4. The molecule has 1 N–H and O–H groups in total. The number of nitrogens with one attached hydrogen (secondary N) is 1. The molecule has 5 heteroatoms.